The van der Waals surface area contributed by atoms with E-state index in [2.05, 4.69) is 47.1 Å². The SMILES string of the molecule is CCCCCC(N)(C(=O)O)C1CCN(Cc2ccccc2-c2cccnc2)CC1. The lowest BCUT2D eigenvalue weighted by molar-refractivity contribution is -0.147. The van der Waals surface area contributed by atoms with Gasteiger partial charge in [0.2, 0.25) is 0 Å². The smallest absolute Gasteiger partial charge is 0.323 e. The Hall–Kier alpha value is -2.24. The first-order valence-corrected chi connectivity index (χ1v) is 10.8. The van der Waals surface area contributed by atoms with Gasteiger partial charge in [-0.05, 0) is 55.5 Å². The first kappa shape index (κ1) is 21.5. The molecule has 0 amide bonds. The van der Waals surface area contributed by atoms with Gasteiger partial charge < -0.3 is 10.8 Å². The molecule has 29 heavy (non-hydrogen) atoms. The highest BCUT2D eigenvalue weighted by Crippen LogP contribution is 2.32. The van der Waals surface area contributed by atoms with Gasteiger partial charge in [0.1, 0.15) is 5.54 Å². The Balaban J connectivity index is 1.64. The fourth-order valence-corrected chi connectivity index (χ4v) is 4.46. The van der Waals surface area contributed by atoms with Crippen LogP contribution < -0.4 is 5.73 Å². The van der Waals surface area contributed by atoms with Gasteiger partial charge in [-0.25, -0.2) is 0 Å². The van der Waals surface area contributed by atoms with Crippen LogP contribution in [0, 0.1) is 5.92 Å². The second-order valence-electron chi connectivity index (χ2n) is 8.25. The van der Waals surface area contributed by atoms with Crippen LogP contribution in [0.25, 0.3) is 11.1 Å². The molecule has 0 spiro atoms. The molecule has 3 rings (SSSR count). The van der Waals surface area contributed by atoms with Crippen molar-refractivity contribution in [3.8, 4) is 11.1 Å². The Morgan fingerprint density at radius 3 is 2.62 bits per heavy atom. The lowest BCUT2D eigenvalue weighted by Gasteiger charge is -2.40. The average Bonchev–Trinajstić information content (AvgIpc) is 2.75. The second-order valence-corrected chi connectivity index (χ2v) is 8.25. The van der Waals surface area contributed by atoms with Crippen LogP contribution in [0.2, 0.25) is 0 Å². The molecule has 1 aliphatic rings. The topological polar surface area (TPSA) is 79.5 Å². The highest BCUT2D eigenvalue weighted by molar-refractivity contribution is 5.79. The van der Waals surface area contributed by atoms with E-state index in [4.69, 9.17) is 5.73 Å². The quantitative estimate of drug-likeness (QED) is 0.618. The third-order valence-electron chi connectivity index (χ3n) is 6.29. The minimum Gasteiger partial charge on any atom is -0.480 e. The fraction of sp³-hybridized carbons (Fsp3) is 0.500. The number of rotatable bonds is 9. The summed E-state index contributed by atoms with van der Waals surface area (Å²) in [5, 5.41) is 9.80. The van der Waals surface area contributed by atoms with Gasteiger partial charge in [-0.2, -0.15) is 0 Å². The number of likely N-dealkylation sites (tertiary alicyclic amines) is 1. The van der Waals surface area contributed by atoms with Crippen LogP contribution in [0.3, 0.4) is 0 Å². The standard InChI is InChI=1S/C24H33N3O2/c1-2-3-6-13-24(25,23(28)29)21-11-15-27(16-12-21)18-20-8-4-5-10-22(20)19-9-7-14-26-17-19/h4-5,7-10,14,17,21H,2-3,6,11-13,15-16,18,25H2,1H3,(H,28,29). The largest absolute Gasteiger partial charge is 0.480 e. The molecule has 156 valence electrons. The minimum absolute atomic E-state index is 0.0432. The van der Waals surface area contributed by atoms with Gasteiger partial charge in [0.05, 0.1) is 0 Å². The zero-order chi connectivity index (χ0) is 20.7. The fourth-order valence-electron chi connectivity index (χ4n) is 4.46. The number of nitrogens with two attached hydrogens (primary N) is 1. The van der Waals surface area contributed by atoms with Crippen molar-refractivity contribution in [1.82, 2.24) is 9.88 Å². The third-order valence-corrected chi connectivity index (χ3v) is 6.29. The van der Waals surface area contributed by atoms with Gasteiger partial charge in [0, 0.05) is 24.5 Å². The molecular weight excluding hydrogens is 362 g/mol. The van der Waals surface area contributed by atoms with E-state index in [1.807, 2.05) is 12.3 Å². The summed E-state index contributed by atoms with van der Waals surface area (Å²) in [7, 11) is 0. The summed E-state index contributed by atoms with van der Waals surface area (Å²) in [5.41, 5.74) is 8.95. The Labute approximate surface area is 174 Å². The Morgan fingerprint density at radius 1 is 1.21 bits per heavy atom. The van der Waals surface area contributed by atoms with Crippen LogP contribution in [0.1, 0.15) is 51.0 Å². The van der Waals surface area contributed by atoms with Crippen molar-refractivity contribution >= 4 is 5.97 Å². The van der Waals surface area contributed by atoms with Crippen LogP contribution in [-0.4, -0.2) is 39.6 Å². The number of unbranched alkanes of at least 4 members (excludes halogenated alkanes) is 2. The molecule has 5 nitrogen and oxygen atoms in total. The predicted molar refractivity (Wildman–Crippen MR) is 116 cm³/mol. The maximum absolute atomic E-state index is 11.9. The molecule has 1 saturated heterocycles. The number of carboxylic acid groups (broad SMARTS) is 1. The molecule has 3 N–H and O–H groups in total. The number of benzene rings is 1. The highest BCUT2D eigenvalue weighted by Gasteiger charge is 2.42. The van der Waals surface area contributed by atoms with Gasteiger partial charge in [-0.1, -0.05) is 56.5 Å². The van der Waals surface area contributed by atoms with Crippen molar-refractivity contribution in [3.63, 3.8) is 0 Å². The summed E-state index contributed by atoms with van der Waals surface area (Å²) in [4.78, 5) is 18.6. The molecule has 1 aromatic carbocycles. The van der Waals surface area contributed by atoms with Crippen molar-refractivity contribution in [2.24, 2.45) is 11.7 Å². The Bertz CT molecular complexity index is 788. The van der Waals surface area contributed by atoms with E-state index in [0.717, 1.165) is 57.3 Å². The number of aromatic nitrogens is 1. The number of hydrogen-bond donors (Lipinski definition) is 2. The van der Waals surface area contributed by atoms with Gasteiger partial charge in [-0.15, -0.1) is 0 Å². The number of pyridine rings is 1. The monoisotopic (exact) mass is 395 g/mol. The van der Waals surface area contributed by atoms with Gasteiger partial charge in [-0.3, -0.25) is 14.7 Å². The molecule has 0 bridgehead atoms. The van der Waals surface area contributed by atoms with E-state index in [1.165, 1.54) is 11.1 Å². The van der Waals surface area contributed by atoms with Crippen LogP contribution in [-0.2, 0) is 11.3 Å². The molecule has 1 atom stereocenters. The lowest BCUT2D eigenvalue weighted by atomic mass is 9.75. The molecule has 2 heterocycles. The molecule has 0 radical (unpaired) electrons. The van der Waals surface area contributed by atoms with E-state index in [9.17, 15) is 9.90 Å². The Morgan fingerprint density at radius 2 is 1.97 bits per heavy atom. The summed E-state index contributed by atoms with van der Waals surface area (Å²) in [6.45, 7) is 4.75. The molecule has 0 saturated carbocycles. The Kier molecular flexibility index (Phi) is 7.40. The molecule has 0 aliphatic carbocycles. The summed E-state index contributed by atoms with van der Waals surface area (Å²) >= 11 is 0. The van der Waals surface area contributed by atoms with E-state index < -0.39 is 11.5 Å². The number of aliphatic carboxylic acids is 1. The summed E-state index contributed by atoms with van der Waals surface area (Å²) < 4.78 is 0. The van der Waals surface area contributed by atoms with Gasteiger partial charge in [0.25, 0.3) is 0 Å². The minimum atomic E-state index is -1.09. The van der Waals surface area contributed by atoms with Crippen molar-refractivity contribution in [1.29, 1.82) is 0 Å². The van der Waals surface area contributed by atoms with Crippen LogP contribution >= 0.6 is 0 Å². The summed E-state index contributed by atoms with van der Waals surface area (Å²) in [6, 6.07) is 12.5. The molecule has 1 aliphatic heterocycles. The average molecular weight is 396 g/mol. The van der Waals surface area contributed by atoms with Crippen LogP contribution in [0.15, 0.2) is 48.8 Å². The summed E-state index contributed by atoms with van der Waals surface area (Å²) in [5.74, 6) is -0.796. The maximum atomic E-state index is 11.9. The van der Waals surface area contributed by atoms with E-state index >= 15 is 0 Å². The van der Waals surface area contributed by atoms with E-state index in [0.29, 0.717) is 6.42 Å². The normalized spacial score (nSPS) is 17.7. The van der Waals surface area contributed by atoms with Crippen molar-refractivity contribution in [3.05, 3.63) is 54.4 Å². The van der Waals surface area contributed by atoms with Crippen LogP contribution in [0.5, 0.6) is 0 Å². The van der Waals surface area contributed by atoms with Crippen molar-refractivity contribution < 1.29 is 9.90 Å². The van der Waals surface area contributed by atoms with Gasteiger partial charge >= 0.3 is 5.97 Å². The zero-order valence-electron chi connectivity index (χ0n) is 17.4. The number of nitrogens with zero attached hydrogens (tertiary/aromatic N) is 2. The van der Waals surface area contributed by atoms with Crippen molar-refractivity contribution in [2.75, 3.05) is 13.1 Å². The number of carbonyl (C=O) groups is 1. The highest BCUT2D eigenvalue weighted by atomic mass is 16.4. The molecule has 1 fully saturated rings. The first-order valence-electron chi connectivity index (χ1n) is 10.8. The maximum Gasteiger partial charge on any atom is 0.323 e. The van der Waals surface area contributed by atoms with Crippen LogP contribution in [0.4, 0.5) is 0 Å². The number of hydrogen-bond acceptors (Lipinski definition) is 4. The van der Waals surface area contributed by atoms with E-state index in [-0.39, 0.29) is 5.92 Å². The molecule has 1 unspecified atom stereocenters. The molecular formula is C24H33N3O2. The summed E-state index contributed by atoms with van der Waals surface area (Å²) in [6.07, 6.45) is 8.94. The second kappa shape index (κ2) is 9.99. The molecule has 1 aromatic heterocycles. The van der Waals surface area contributed by atoms with E-state index in [1.54, 1.807) is 6.20 Å². The predicted octanol–water partition coefficient (Wildman–Crippen LogP) is 4.32. The number of carboxylic acids is 1. The molecule has 5 heteroatoms. The first-order chi connectivity index (χ1) is 14.0. The number of piperidine rings is 1. The lowest BCUT2D eigenvalue weighted by Crippen LogP contribution is -2.56. The third kappa shape index (κ3) is 5.22. The zero-order valence-corrected chi connectivity index (χ0v) is 17.4. The van der Waals surface area contributed by atoms with Crippen molar-refractivity contribution in [2.45, 2.75) is 57.5 Å². The van der Waals surface area contributed by atoms with Gasteiger partial charge in [0.15, 0.2) is 0 Å². The molecule has 2 aromatic rings.